The van der Waals surface area contributed by atoms with E-state index >= 15 is 0 Å². The summed E-state index contributed by atoms with van der Waals surface area (Å²) in [6.07, 6.45) is 3.05. The van der Waals surface area contributed by atoms with Crippen molar-refractivity contribution in [3.8, 4) is 5.75 Å². The van der Waals surface area contributed by atoms with E-state index in [1.807, 2.05) is 6.07 Å². The number of halogens is 1. The number of aromatic nitrogens is 1. The fourth-order valence-electron chi connectivity index (χ4n) is 3.61. The highest BCUT2D eigenvalue weighted by Gasteiger charge is 2.46. The summed E-state index contributed by atoms with van der Waals surface area (Å²) in [5.41, 5.74) is 1.67. The molecule has 33 heavy (non-hydrogen) atoms. The van der Waals surface area contributed by atoms with Gasteiger partial charge < -0.3 is 15.0 Å². The number of nitrogens with zero attached hydrogens (tertiary/aromatic N) is 3. The van der Waals surface area contributed by atoms with E-state index in [2.05, 4.69) is 10.3 Å². The van der Waals surface area contributed by atoms with Crippen molar-refractivity contribution in [2.75, 3.05) is 17.3 Å². The monoisotopic (exact) mass is 464 g/mol. The lowest BCUT2D eigenvalue weighted by Gasteiger charge is -2.21. The predicted octanol–water partition coefficient (Wildman–Crippen LogP) is 4.11. The summed E-state index contributed by atoms with van der Waals surface area (Å²) in [6, 6.07) is 15.4. The van der Waals surface area contributed by atoms with Crippen LogP contribution in [0.25, 0.3) is 0 Å². The lowest BCUT2D eigenvalue weighted by atomic mass is 10.1. The highest BCUT2D eigenvalue weighted by molar-refractivity contribution is 6.30. The maximum Gasteiger partial charge on any atom is 0.332 e. The Morgan fingerprint density at radius 2 is 1.91 bits per heavy atom. The van der Waals surface area contributed by atoms with Gasteiger partial charge in [-0.2, -0.15) is 0 Å². The summed E-state index contributed by atoms with van der Waals surface area (Å²) >= 11 is 5.89. The zero-order valence-electron chi connectivity index (χ0n) is 17.8. The molecule has 1 saturated heterocycles. The van der Waals surface area contributed by atoms with Gasteiger partial charge in [0.1, 0.15) is 11.8 Å². The molecule has 1 atom stereocenters. The molecule has 0 spiro atoms. The first kappa shape index (κ1) is 22.3. The van der Waals surface area contributed by atoms with Crippen molar-refractivity contribution in [2.45, 2.75) is 19.0 Å². The summed E-state index contributed by atoms with van der Waals surface area (Å²) in [5, 5.41) is 3.29. The minimum atomic E-state index is -0.976. The second kappa shape index (κ2) is 9.70. The molecular weight excluding hydrogens is 444 g/mol. The molecule has 1 aliphatic heterocycles. The van der Waals surface area contributed by atoms with Crippen LogP contribution >= 0.6 is 11.6 Å². The highest BCUT2D eigenvalue weighted by atomic mass is 35.5. The molecule has 3 aromatic rings. The maximum absolute atomic E-state index is 13.4. The van der Waals surface area contributed by atoms with Gasteiger partial charge in [0.05, 0.1) is 19.2 Å². The van der Waals surface area contributed by atoms with E-state index in [1.165, 1.54) is 12.0 Å². The average molecular weight is 465 g/mol. The molecule has 0 aliphatic carbocycles. The number of amides is 4. The summed E-state index contributed by atoms with van der Waals surface area (Å²) in [7, 11) is 1.51. The molecule has 0 saturated carbocycles. The van der Waals surface area contributed by atoms with Crippen LogP contribution in [0.4, 0.5) is 16.2 Å². The second-order valence-electron chi connectivity index (χ2n) is 7.42. The zero-order valence-corrected chi connectivity index (χ0v) is 18.5. The largest absolute Gasteiger partial charge is 0.497 e. The van der Waals surface area contributed by atoms with Gasteiger partial charge in [-0.05, 0) is 48.0 Å². The number of urea groups is 1. The lowest BCUT2D eigenvalue weighted by molar-refractivity contribution is -0.124. The second-order valence-corrected chi connectivity index (χ2v) is 7.86. The number of anilines is 2. The zero-order chi connectivity index (χ0) is 23.4. The summed E-state index contributed by atoms with van der Waals surface area (Å²) in [6.45, 7) is 0.137. The molecule has 9 heteroatoms. The third-order valence-electron chi connectivity index (χ3n) is 5.21. The van der Waals surface area contributed by atoms with E-state index in [9.17, 15) is 14.4 Å². The molecule has 1 fully saturated rings. The molecule has 2 heterocycles. The van der Waals surface area contributed by atoms with E-state index in [0.717, 1.165) is 10.5 Å². The van der Waals surface area contributed by atoms with Crippen molar-refractivity contribution in [1.29, 1.82) is 0 Å². The minimum Gasteiger partial charge on any atom is -0.497 e. The molecule has 4 rings (SSSR count). The third kappa shape index (κ3) is 4.96. The normalized spacial score (nSPS) is 15.6. The van der Waals surface area contributed by atoms with Gasteiger partial charge in [0.25, 0.3) is 5.91 Å². The number of ether oxygens (including phenoxy) is 1. The summed E-state index contributed by atoms with van der Waals surface area (Å²) in [4.78, 5) is 46.0. The molecule has 0 unspecified atom stereocenters. The minimum absolute atomic E-state index is 0.137. The fraction of sp³-hybridized carbons (Fsp3) is 0.167. The smallest absolute Gasteiger partial charge is 0.332 e. The topological polar surface area (TPSA) is 91.8 Å². The number of pyridine rings is 1. The van der Waals surface area contributed by atoms with E-state index in [-0.39, 0.29) is 13.0 Å². The van der Waals surface area contributed by atoms with Crippen LogP contribution in [0.3, 0.4) is 0 Å². The van der Waals surface area contributed by atoms with Crippen molar-refractivity contribution in [3.05, 3.63) is 83.6 Å². The van der Waals surface area contributed by atoms with Crippen molar-refractivity contribution in [3.63, 3.8) is 0 Å². The molecular formula is C24H21ClN4O4. The molecule has 1 aliphatic rings. The van der Waals surface area contributed by atoms with Gasteiger partial charge in [0.15, 0.2) is 0 Å². The van der Waals surface area contributed by atoms with Gasteiger partial charge in [-0.25, -0.2) is 9.69 Å². The number of carbonyl (C=O) groups is 3. The lowest BCUT2D eigenvalue weighted by Crippen LogP contribution is -2.37. The first-order valence-corrected chi connectivity index (χ1v) is 10.6. The molecule has 1 N–H and O–H groups in total. The molecule has 168 valence electrons. The first-order valence-electron chi connectivity index (χ1n) is 10.2. The molecule has 4 amide bonds. The van der Waals surface area contributed by atoms with Crippen LogP contribution < -0.4 is 15.0 Å². The number of imide groups is 1. The summed E-state index contributed by atoms with van der Waals surface area (Å²) < 4.78 is 5.23. The number of hydrogen-bond acceptors (Lipinski definition) is 5. The molecule has 1 aromatic heterocycles. The number of methoxy groups -OCH3 is 1. The molecule has 8 nitrogen and oxygen atoms in total. The molecule has 0 bridgehead atoms. The number of carbonyl (C=O) groups excluding carboxylic acids is 3. The third-order valence-corrected chi connectivity index (χ3v) is 5.46. The van der Waals surface area contributed by atoms with Crippen molar-refractivity contribution < 1.29 is 19.1 Å². The first-order chi connectivity index (χ1) is 16.0. The van der Waals surface area contributed by atoms with Gasteiger partial charge in [-0.3, -0.25) is 14.6 Å². The number of hydrogen-bond donors (Lipinski definition) is 1. The Bertz CT molecular complexity index is 1170. The van der Waals surface area contributed by atoms with E-state index in [4.69, 9.17) is 16.3 Å². The van der Waals surface area contributed by atoms with Crippen molar-refractivity contribution in [1.82, 2.24) is 9.88 Å². The van der Waals surface area contributed by atoms with E-state index in [0.29, 0.717) is 22.1 Å². The Labute approximate surface area is 195 Å². The van der Waals surface area contributed by atoms with Crippen LogP contribution in [0.2, 0.25) is 5.02 Å². The summed E-state index contributed by atoms with van der Waals surface area (Å²) in [5.74, 6) is -0.369. The van der Waals surface area contributed by atoms with Crippen LogP contribution in [0.5, 0.6) is 5.75 Å². The van der Waals surface area contributed by atoms with Crippen LogP contribution in [-0.4, -0.2) is 40.9 Å². The predicted molar refractivity (Wildman–Crippen MR) is 124 cm³/mol. The van der Waals surface area contributed by atoms with Crippen LogP contribution in [-0.2, 0) is 16.1 Å². The Balaban J connectivity index is 1.60. The van der Waals surface area contributed by atoms with Crippen LogP contribution in [0.15, 0.2) is 73.1 Å². The van der Waals surface area contributed by atoms with Gasteiger partial charge in [0.2, 0.25) is 5.91 Å². The number of rotatable bonds is 7. The van der Waals surface area contributed by atoms with Crippen molar-refractivity contribution in [2.24, 2.45) is 0 Å². The standard InChI is InChI=1S/C24H21ClN4O4/c1-33-20-6-2-5-19(12-20)29-23(31)21(13-22(30)27-18-9-7-17(25)8-10-18)28(24(29)32)15-16-4-3-11-26-14-16/h2-12,14,21H,13,15H2,1H3,(H,27,30)/t21-/m1/s1. The Morgan fingerprint density at radius 1 is 1.12 bits per heavy atom. The van der Waals surface area contributed by atoms with Gasteiger partial charge in [0, 0.05) is 35.7 Å². The average Bonchev–Trinajstić information content (AvgIpc) is 3.05. The van der Waals surface area contributed by atoms with Gasteiger partial charge in [-0.1, -0.05) is 23.7 Å². The van der Waals surface area contributed by atoms with Crippen LogP contribution in [0.1, 0.15) is 12.0 Å². The van der Waals surface area contributed by atoms with E-state index in [1.54, 1.807) is 67.0 Å². The fourth-order valence-corrected chi connectivity index (χ4v) is 3.74. The molecule has 0 radical (unpaired) electrons. The van der Waals surface area contributed by atoms with Crippen molar-refractivity contribution >= 4 is 40.8 Å². The Morgan fingerprint density at radius 3 is 2.61 bits per heavy atom. The Kier molecular flexibility index (Phi) is 6.55. The number of benzene rings is 2. The van der Waals surface area contributed by atoms with Gasteiger partial charge >= 0.3 is 6.03 Å². The van der Waals surface area contributed by atoms with E-state index < -0.39 is 23.9 Å². The van der Waals surface area contributed by atoms with Crippen LogP contribution in [0, 0.1) is 0 Å². The van der Waals surface area contributed by atoms with Gasteiger partial charge in [-0.15, -0.1) is 0 Å². The Hall–Kier alpha value is -3.91. The molecule has 2 aromatic carbocycles. The maximum atomic E-state index is 13.4. The quantitative estimate of drug-likeness (QED) is 0.531. The SMILES string of the molecule is COc1cccc(N2C(=O)[C@@H](CC(=O)Nc3ccc(Cl)cc3)N(Cc3cccnc3)C2=O)c1. The number of nitrogens with one attached hydrogen (secondary N) is 1. The highest BCUT2D eigenvalue weighted by Crippen LogP contribution is 2.30.